The molecule has 4 aliphatic carbocycles. The monoisotopic (exact) mass is 410 g/mol. The zero-order valence-corrected chi connectivity index (χ0v) is 17.7. The smallest absolute Gasteiger partial charge is 0.329 e. The molecule has 1 aromatic rings. The average Bonchev–Trinajstić information content (AvgIpc) is 2.66. The standard InChI is InChI=1S/C23H30N4O3/c1-14-3-5-19(6-4-14)24-21(29)22(30)27-26-15(2)7-20(28)25-23-11-16-8-17(12-23)10-18(9-16)13-23/h3-6,16-18H,7-13H2,1-2H3,(H,24,29)(H,25,28)(H,27,30)/b26-15+. The number of nitrogens with one attached hydrogen (secondary N) is 3. The van der Waals surface area contributed by atoms with Gasteiger partial charge in [0.05, 0.1) is 6.42 Å². The predicted molar refractivity (Wildman–Crippen MR) is 115 cm³/mol. The Bertz CT molecular complexity index is 840. The minimum absolute atomic E-state index is 0.0384. The molecular formula is C23H30N4O3. The van der Waals surface area contributed by atoms with Gasteiger partial charge in [0.15, 0.2) is 0 Å². The molecule has 0 spiro atoms. The molecule has 3 amide bonds. The molecule has 0 heterocycles. The maximum atomic E-state index is 12.6. The van der Waals surface area contributed by atoms with Crippen LogP contribution >= 0.6 is 0 Å². The topological polar surface area (TPSA) is 99.7 Å². The molecule has 7 nitrogen and oxygen atoms in total. The van der Waals surface area contributed by atoms with E-state index in [1.54, 1.807) is 19.1 Å². The zero-order chi connectivity index (χ0) is 21.3. The van der Waals surface area contributed by atoms with Crippen molar-refractivity contribution in [1.29, 1.82) is 0 Å². The molecule has 0 atom stereocenters. The first-order valence-electron chi connectivity index (χ1n) is 10.8. The second kappa shape index (κ2) is 8.20. The molecule has 1 aromatic carbocycles. The van der Waals surface area contributed by atoms with Crippen molar-refractivity contribution in [2.75, 3.05) is 5.32 Å². The van der Waals surface area contributed by atoms with Crippen LogP contribution in [0.1, 0.15) is 57.4 Å². The second-order valence-corrected chi connectivity index (χ2v) is 9.53. The molecule has 0 radical (unpaired) electrons. The number of aryl methyl sites for hydroxylation is 1. The van der Waals surface area contributed by atoms with E-state index in [2.05, 4.69) is 21.2 Å². The van der Waals surface area contributed by atoms with Gasteiger partial charge in [0.2, 0.25) is 5.91 Å². The van der Waals surface area contributed by atoms with Gasteiger partial charge >= 0.3 is 11.8 Å². The van der Waals surface area contributed by atoms with Crippen molar-refractivity contribution >= 4 is 29.1 Å². The highest BCUT2D eigenvalue weighted by Gasteiger charge is 2.51. The predicted octanol–water partition coefficient (Wildman–Crippen LogP) is 2.90. The molecule has 7 heteroatoms. The first-order valence-corrected chi connectivity index (χ1v) is 10.8. The molecule has 30 heavy (non-hydrogen) atoms. The Morgan fingerprint density at radius 3 is 2.10 bits per heavy atom. The fourth-order valence-corrected chi connectivity index (χ4v) is 5.90. The molecule has 4 saturated carbocycles. The Hall–Kier alpha value is -2.70. The average molecular weight is 411 g/mol. The molecule has 160 valence electrons. The summed E-state index contributed by atoms with van der Waals surface area (Å²) in [5.41, 5.74) is 4.26. The van der Waals surface area contributed by atoms with Crippen LogP contribution in [0.2, 0.25) is 0 Å². The minimum Gasteiger partial charge on any atom is -0.350 e. The van der Waals surface area contributed by atoms with Crippen LogP contribution in [0.4, 0.5) is 5.69 Å². The van der Waals surface area contributed by atoms with E-state index in [0.717, 1.165) is 42.6 Å². The SMILES string of the molecule is C/C(CC(=O)NC12CC3CC(CC(C3)C1)C2)=N\NC(=O)C(=O)Nc1ccc(C)cc1. The third kappa shape index (κ3) is 4.71. The Kier molecular flexibility index (Phi) is 5.62. The summed E-state index contributed by atoms with van der Waals surface area (Å²) in [7, 11) is 0. The van der Waals surface area contributed by atoms with E-state index in [0.29, 0.717) is 11.4 Å². The third-order valence-electron chi connectivity index (χ3n) is 6.72. The van der Waals surface area contributed by atoms with Gasteiger partial charge in [0.1, 0.15) is 0 Å². The summed E-state index contributed by atoms with van der Waals surface area (Å²) in [6.07, 6.45) is 7.37. The lowest BCUT2D eigenvalue weighted by Crippen LogP contribution is -2.60. The zero-order valence-electron chi connectivity index (χ0n) is 17.7. The molecule has 0 unspecified atom stereocenters. The number of amides is 3. The van der Waals surface area contributed by atoms with E-state index in [1.165, 1.54) is 19.3 Å². The van der Waals surface area contributed by atoms with Crippen molar-refractivity contribution < 1.29 is 14.4 Å². The van der Waals surface area contributed by atoms with Crippen LogP contribution in [0, 0.1) is 24.7 Å². The molecule has 4 bridgehead atoms. The van der Waals surface area contributed by atoms with Crippen LogP contribution in [0.25, 0.3) is 0 Å². The van der Waals surface area contributed by atoms with Gasteiger partial charge in [0.25, 0.3) is 0 Å². The van der Waals surface area contributed by atoms with Gasteiger partial charge in [-0.25, -0.2) is 5.43 Å². The van der Waals surface area contributed by atoms with Crippen molar-refractivity contribution in [3.63, 3.8) is 0 Å². The van der Waals surface area contributed by atoms with Gasteiger partial charge in [0, 0.05) is 16.9 Å². The van der Waals surface area contributed by atoms with Crippen molar-refractivity contribution in [3.05, 3.63) is 29.8 Å². The van der Waals surface area contributed by atoms with Gasteiger partial charge in [-0.05, 0) is 82.3 Å². The Labute approximate surface area is 177 Å². The molecule has 0 aliphatic heterocycles. The van der Waals surface area contributed by atoms with Crippen molar-refractivity contribution in [2.24, 2.45) is 22.9 Å². The van der Waals surface area contributed by atoms with Crippen LogP contribution in [0.3, 0.4) is 0 Å². The summed E-state index contributed by atoms with van der Waals surface area (Å²) in [5.74, 6) is 0.564. The Balaban J connectivity index is 1.25. The van der Waals surface area contributed by atoms with E-state index in [4.69, 9.17) is 0 Å². The lowest BCUT2D eigenvalue weighted by Gasteiger charge is -2.56. The van der Waals surface area contributed by atoms with Crippen LogP contribution in [-0.2, 0) is 14.4 Å². The number of hydrogen-bond donors (Lipinski definition) is 3. The molecule has 5 rings (SSSR count). The second-order valence-electron chi connectivity index (χ2n) is 9.53. The quantitative estimate of drug-likeness (QED) is 0.395. The number of hydrogen-bond acceptors (Lipinski definition) is 4. The number of nitrogens with zero attached hydrogens (tertiary/aromatic N) is 1. The van der Waals surface area contributed by atoms with Gasteiger partial charge in [-0.15, -0.1) is 0 Å². The van der Waals surface area contributed by atoms with Crippen LogP contribution < -0.4 is 16.1 Å². The van der Waals surface area contributed by atoms with Crippen LogP contribution in [0.15, 0.2) is 29.4 Å². The van der Waals surface area contributed by atoms with Gasteiger partial charge in [-0.3, -0.25) is 14.4 Å². The molecule has 0 aromatic heterocycles. The third-order valence-corrected chi connectivity index (χ3v) is 6.72. The summed E-state index contributed by atoms with van der Waals surface area (Å²) < 4.78 is 0. The fraction of sp³-hybridized carbons (Fsp3) is 0.565. The summed E-state index contributed by atoms with van der Waals surface area (Å²) in [6, 6.07) is 7.14. The van der Waals surface area contributed by atoms with E-state index in [9.17, 15) is 14.4 Å². The highest BCUT2D eigenvalue weighted by atomic mass is 16.2. The molecule has 0 saturated heterocycles. The Morgan fingerprint density at radius 1 is 0.967 bits per heavy atom. The summed E-state index contributed by atoms with van der Waals surface area (Å²) in [6.45, 7) is 3.62. The molecule has 3 N–H and O–H groups in total. The first-order chi connectivity index (χ1) is 14.3. The number of benzene rings is 1. The van der Waals surface area contributed by atoms with Crippen molar-refractivity contribution in [2.45, 2.75) is 64.3 Å². The highest BCUT2D eigenvalue weighted by Crippen LogP contribution is 2.55. The van der Waals surface area contributed by atoms with E-state index in [-0.39, 0.29) is 17.9 Å². The van der Waals surface area contributed by atoms with Crippen molar-refractivity contribution in [1.82, 2.24) is 10.7 Å². The lowest BCUT2D eigenvalue weighted by atomic mass is 9.53. The maximum Gasteiger partial charge on any atom is 0.329 e. The van der Waals surface area contributed by atoms with E-state index in [1.807, 2.05) is 19.1 Å². The number of hydrazone groups is 1. The van der Waals surface area contributed by atoms with Gasteiger partial charge in [-0.1, -0.05) is 17.7 Å². The van der Waals surface area contributed by atoms with Gasteiger partial charge in [-0.2, -0.15) is 5.10 Å². The normalized spacial score (nSPS) is 29.4. The summed E-state index contributed by atoms with van der Waals surface area (Å²) in [4.78, 5) is 36.6. The molecular weight excluding hydrogens is 380 g/mol. The molecule has 4 aliphatic rings. The van der Waals surface area contributed by atoms with Crippen LogP contribution in [-0.4, -0.2) is 29.0 Å². The Morgan fingerprint density at radius 2 is 1.53 bits per heavy atom. The summed E-state index contributed by atoms with van der Waals surface area (Å²) >= 11 is 0. The van der Waals surface area contributed by atoms with E-state index >= 15 is 0 Å². The number of anilines is 1. The minimum atomic E-state index is -0.864. The lowest BCUT2D eigenvalue weighted by molar-refractivity contribution is -0.136. The first kappa shape index (κ1) is 20.6. The highest BCUT2D eigenvalue weighted by molar-refractivity contribution is 6.39. The number of carbonyl (C=O) groups excluding carboxylic acids is 3. The van der Waals surface area contributed by atoms with Crippen LogP contribution in [0.5, 0.6) is 0 Å². The largest absolute Gasteiger partial charge is 0.350 e. The molecule has 4 fully saturated rings. The summed E-state index contributed by atoms with van der Waals surface area (Å²) in [5, 5.41) is 9.74. The fourth-order valence-electron chi connectivity index (χ4n) is 5.90. The number of carbonyl (C=O) groups is 3. The number of rotatable bonds is 5. The van der Waals surface area contributed by atoms with E-state index < -0.39 is 11.8 Å². The van der Waals surface area contributed by atoms with Crippen molar-refractivity contribution in [3.8, 4) is 0 Å². The maximum absolute atomic E-state index is 12.6. The van der Waals surface area contributed by atoms with Gasteiger partial charge < -0.3 is 10.6 Å².